The number of para-hydroxylation sites is 6. The van der Waals surface area contributed by atoms with Gasteiger partial charge in [-0.1, -0.05) is 199 Å². The van der Waals surface area contributed by atoms with E-state index in [1.165, 1.54) is 96.0 Å². The summed E-state index contributed by atoms with van der Waals surface area (Å²) in [4.78, 5) is 64.8. The lowest BCUT2D eigenvalue weighted by molar-refractivity contribution is 0.0956. The van der Waals surface area contributed by atoms with E-state index in [2.05, 4.69) is 214 Å². The molecule has 24 rings (SSSR count). The zero-order valence-corrected chi connectivity index (χ0v) is 74.8. The van der Waals surface area contributed by atoms with Crippen LogP contribution in [0, 0.1) is 57.9 Å². The maximum atomic E-state index is 13.9. The molecule has 10 heterocycles. The van der Waals surface area contributed by atoms with E-state index in [0.717, 1.165) is 146 Å². The molecule has 650 valence electrons. The lowest BCUT2D eigenvalue weighted by atomic mass is 9.99. The largest absolute Gasteiger partial charge is 0.360 e. The minimum absolute atomic E-state index is 0.0992. The lowest BCUT2D eigenvalue weighted by Gasteiger charge is -2.09. The van der Waals surface area contributed by atoms with Crippen LogP contribution >= 0.6 is 23.2 Å². The first-order valence-electron chi connectivity index (χ1n) is 43.4. The second kappa shape index (κ2) is 36.9. The molecule has 12 aromatic carbocycles. The fourth-order valence-corrected chi connectivity index (χ4v) is 18.2. The molecule has 10 aromatic heterocycles. The summed E-state index contributed by atoms with van der Waals surface area (Å²) in [6.07, 6.45) is 13.8. The van der Waals surface area contributed by atoms with E-state index in [0.29, 0.717) is 38.2 Å². The van der Waals surface area contributed by atoms with Crippen LogP contribution in [0.1, 0.15) is 82.2 Å². The number of amides is 2. The fourth-order valence-electron chi connectivity index (χ4n) is 17.7. The standard InChI is InChI=1S/C20H16FN3O.C20H17N3O.2C19H14ClN.C18H14N2.C17H9F3N2/c1-11-8-12(21)9-15-16(10-23-19(11)15)18-7-6-13-14(20(25)22-2)4-3-5-17(13)24-18;1-12-5-3-6-14-16(11-22-19(12)14)18-10-9-13-15(20(24)21-2)7-4-8-17(13)23-18;1-12-4-2-6-15-14(12)9-10-16(15)18-11-8-13-5-3-7-17(20)19(13)21-18;1-12-6-8-14-15(9-10-16(14)19(12)20)18-11-7-13-4-2-3-5-17(13)21-18;1-12-5-4-7-14-15(11-19-18(12)14)17-10-9-13-6-2-3-8-16(13)20-17;18-10-6-11-12(8-21-17(11)14(20)7-10)15-5-4-9-2-1-3-13(19)16(9)22-15/h3-10,23H,1-2H3,(H,22,25);3-11,22H,1-2H3,(H,21,24);2-8,10-11H,9H2,1H3;2-9,11H,10H2,1H3;2-11,19H,1H3;1-8,21H. The molecular formula is C113H84Cl2F4N12O2. The number of halogens is 6. The quantitative estimate of drug-likeness (QED) is 0.0808. The molecule has 0 atom stereocenters. The molecule has 14 nitrogen and oxygen atoms in total. The predicted molar refractivity (Wildman–Crippen MR) is 534 cm³/mol. The monoisotopic (exact) mass is 1790 g/mol. The molecule has 0 aliphatic heterocycles. The second-order valence-corrected chi connectivity index (χ2v) is 33.6. The highest BCUT2D eigenvalue weighted by molar-refractivity contribution is 6.35. The van der Waals surface area contributed by atoms with Gasteiger partial charge in [0.05, 0.1) is 72.3 Å². The average Bonchev–Trinajstić information content (AvgIpc) is 1.71. The first-order chi connectivity index (χ1) is 64.7. The smallest absolute Gasteiger partial charge is 0.251 e. The maximum absolute atomic E-state index is 13.9. The van der Waals surface area contributed by atoms with Gasteiger partial charge in [-0.3, -0.25) is 9.59 Å². The number of aryl methyl sites for hydroxylation is 5. The molecule has 0 fully saturated rings. The van der Waals surface area contributed by atoms with Gasteiger partial charge in [-0.05, 0) is 213 Å². The zero-order chi connectivity index (χ0) is 91.8. The van der Waals surface area contributed by atoms with Crippen LogP contribution in [0.25, 0.3) is 165 Å². The van der Waals surface area contributed by atoms with E-state index < -0.39 is 17.5 Å². The highest BCUT2D eigenvalue weighted by Crippen LogP contribution is 2.42. The molecule has 0 saturated heterocycles. The fraction of sp³-hybridized carbons (Fsp3) is 0.0796. The molecule has 0 radical (unpaired) electrons. The number of aromatic nitrogens is 10. The van der Waals surface area contributed by atoms with Gasteiger partial charge < -0.3 is 30.6 Å². The van der Waals surface area contributed by atoms with Gasteiger partial charge in [0.15, 0.2) is 0 Å². The third kappa shape index (κ3) is 17.1. The topological polar surface area (TPSA) is 199 Å². The molecular weight excluding hydrogens is 1700 g/mol. The van der Waals surface area contributed by atoms with Crippen LogP contribution in [0.4, 0.5) is 17.6 Å². The van der Waals surface area contributed by atoms with E-state index in [1.807, 2.05) is 116 Å². The van der Waals surface area contributed by atoms with Crippen molar-refractivity contribution in [2.24, 2.45) is 0 Å². The van der Waals surface area contributed by atoms with Crippen molar-refractivity contribution >= 4 is 155 Å². The van der Waals surface area contributed by atoms with E-state index in [4.69, 9.17) is 43.1 Å². The van der Waals surface area contributed by atoms with E-state index in [-0.39, 0.29) is 28.7 Å². The molecule has 6 N–H and O–H groups in total. The summed E-state index contributed by atoms with van der Waals surface area (Å²) in [7, 11) is 3.24. The van der Waals surface area contributed by atoms with Gasteiger partial charge in [-0.25, -0.2) is 47.5 Å². The van der Waals surface area contributed by atoms with Gasteiger partial charge in [0.25, 0.3) is 11.8 Å². The third-order valence-electron chi connectivity index (χ3n) is 24.6. The molecule has 2 aliphatic rings. The second-order valence-electron chi connectivity index (χ2n) is 32.8. The van der Waals surface area contributed by atoms with E-state index in [9.17, 15) is 27.2 Å². The first kappa shape index (κ1) is 86.4. The number of nitrogens with zero attached hydrogens (tertiary/aromatic N) is 6. The van der Waals surface area contributed by atoms with Crippen LogP contribution < -0.4 is 10.6 Å². The number of benzene rings is 12. The molecule has 2 aliphatic carbocycles. The number of fused-ring (bicyclic) bond motifs is 12. The molecule has 2 amide bonds. The number of hydrogen-bond acceptors (Lipinski definition) is 8. The number of aromatic amines is 4. The molecule has 22 aromatic rings. The normalized spacial score (nSPS) is 11.9. The van der Waals surface area contributed by atoms with Crippen LogP contribution in [-0.2, 0) is 12.8 Å². The molecule has 0 saturated carbocycles. The summed E-state index contributed by atoms with van der Waals surface area (Å²) < 4.78 is 54.9. The first-order valence-corrected chi connectivity index (χ1v) is 44.2. The Morgan fingerprint density at radius 1 is 0.308 bits per heavy atom. The Hall–Kier alpha value is -16.0. The molecule has 0 unspecified atom stereocenters. The maximum Gasteiger partial charge on any atom is 0.251 e. The summed E-state index contributed by atoms with van der Waals surface area (Å²) in [5, 5.41) is 16.2. The molecule has 133 heavy (non-hydrogen) atoms. The van der Waals surface area contributed by atoms with Crippen LogP contribution in [0.15, 0.2) is 322 Å². The van der Waals surface area contributed by atoms with Crippen molar-refractivity contribution in [2.45, 2.75) is 47.5 Å². The van der Waals surface area contributed by atoms with Gasteiger partial charge in [0.2, 0.25) is 0 Å². The summed E-state index contributed by atoms with van der Waals surface area (Å²) >= 11 is 12.7. The van der Waals surface area contributed by atoms with Gasteiger partial charge in [0.1, 0.15) is 28.8 Å². The van der Waals surface area contributed by atoms with Crippen molar-refractivity contribution in [3.8, 4) is 45.0 Å². The summed E-state index contributed by atoms with van der Waals surface area (Å²) in [5.41, 5.74) is 31.4. The number of H-pyrrole nitrogens is 4. The number of allylic oxidation sites excluding steroid dienone is 2. The van der Waals surface area contributed by atoms with Gasteiger partial charge in [-0.15, -0.1) is 0 Å². The van der Waals surface area contributed by atoms with Crippen LogP contribution in [-0.4, -0.2) is 75.7 Å². The summed E-state index contributed by atoms with van der Waals surface area (Å²) in [6.45, 7) is 10.3. The molecule has 20 heteroatoms. The Morgan fingerprint density at radius 3 is 1.29 bits per heavy atom. The van der Waals surface area contributed by atoms with Crippen molar-refractivity contribution < 1.29 is 27.2 Å². The lowest BCUT2D eigenvalue weighted by Crippen LogP contribution is -2.18. The Balaban J connectivity index is 0.000000103. The average molecular weight is 1790 g/mol. The van der Waals surface area contributed by atoms with Crippen LogP contribution in [0.2, 0.25) is 10.0 Å². The Labute approximate surface area is 772 Å². The zero-order valence-electron chi connectivity index (χ0n) is 73.3. The highest BCUT2D eigenvalue weighted by atomic mass is 35.5. The molecule has 0 bridgehead atoms. The Morgan fingerprint density at radius 2 is 0.714 bits per heavy atom. The van der Waals surface area contributed by atoms with Gasteiger partial charge >= 0.3 is 0 Å². The van der Waals surface area contributed by atoms with Crippen molar-refractivity contribution in [2.75, 3.05) is 14.1 Å². The number of pyridine rings is 6. The number of hydrogen-bond donors (Lipinski definition) is 6. The summed E-state index contributed by atoms with van der Waals surface area (Å²) in [6, 6.07) is 90.2. The third-order valence-corrected chi connectivity index (χ3v) is 25.4. The minimum Gasteiger partial charge on any atom is -0.360 e. The van der Waals surface area contributed by atoms with E-state index in [1.54, 1.807) is 50.6 Å². The number of nitrogens with one attached hydrogen (secondary N) is 6. The van der Waals surface area contributed by atoms with Crippen molar-refractivity contribution in [3.05, 3.63) is 428 Å². The van der Waals surface area contributed by atoms with Crippen molar-refractivity contribution in [1.29, 1.82) is 0 Å². The van der Waals surface area contributed by atoms with E-state index >= 15 is 0 Å². The molecule has 0 spiro atoms. The van der Waals surface area contributed by atoms with Gasteiger partial charge in [0, 0.05) is 165 Å². The number of rotatable bonds is 8. The number of carbonyl (C=O) groups is 2. The Bertz CT molecular complexity index is 8480. The summed E-state index contributed by atoms with van der Waals surface area (Å²) in [5.74, 6) is -2.29. The minimum atomic E-state index is -0.673. The van der Waals surface area contributed by atoms with Crippen molar-refractivity contribution in [3.63, 3.8) is 0 Å². The highest BCUT2D eigenvalue weighted by Gasteiger charge is 2.24. The van der Waals surface area contributed by atoms with Crippen molar-refractivity contribution in [1.82, 2.24) is 60.5 Å². The van der Waals surface area contributed by atoms with Gasteiger partial charge in [-0.2, -0.15) is 0 Å². The Kier molecular flexibility index (Phi) is 23.9. The SMILES string of the molecule is CNC(=O)c1cccc2nc(-c3c[nH]c4c(C)cc(F)cc34)ccc12.CNC(=O)c1cccc2nc(-c3c[nH]c4c(C)cccc34)ccc12.Cc1ccc2c(c1Cl)CC=C2c1ccc2ccccc2n1.Cc1cccc2c(-c3ccc4ccccc4n3)c[nH]c12.Cc1cccc2c1CC=C2c1ccc2cccc(Cl)c2n1.Fc1cc(F)c2[nH]cc(-c3ccc4cccc(F)c4n3)c2c1. The van der Waals surface area contributed by atoms with Crippen LogP contribution in [0.5, 0.6) is 0 Å². The van der Waals surface area contributed by atoms with Crippen LogP contribution in [0.3, 0.4) is 0 Å². The predicted octanol–water partition coefficient (Wildman–Crippen LogP) is 28.1. The number of carbonyl (C=O) groups excluding carboxylic acids is 2.